The Hall–Kier alpha value is -4.52. The largest absolute Gasteiger partial charge is 0.490 e. The Morgan fingerprint density at radius 1 is 1.10 bits per heavy atom. The van der Waals surface area contributed by atoms with E-state index in [2.05, 4.69) is 4.98 Å². The third kappa shape index (κ3) is 7.30. The molecule has 3 aromatic rings. The Labute approximate surface area is 282 Å². The highest BCUT2D eigenvalue weighted by molar-refractivity contribution is 6.34. The molecule has 48 heavy (non-hydrogen) atoms. The van der Waals surface area contributed by atoms with Crippen LogP contribution in [0.1, 0.15) is 50.4 Å². The zero-order valence-corrected chi connectivity index (χ0v) is 28.3. The minimum Gasteiger partial charge on any atom is -0.490 e. The number of pyridine rings is 1. The smallest absolute Gasteiger partial charge is 0.416 e. The number of ether oxygens (including phenoxy) is 2. The fraction of sp³-hybridized carbons (Fsp3) is 0.412. The Bertz CT molecular complexity index is 1740. The van der Waals surface area contributed by atoms with E-state index in [1.807, 2.05) is 17.0 Å². The molecule has 3 heterocycles. The van der Waals surface area contributed by atoms with E-state index in [4.69, 9.17) is 21.1 Å². The molecule has 0 aliphatic carbocycles. The number of hydrogen-bond donors (Lipinski definition) is 0. The second-order valence-electron chi connectivity index (χ2n) is 12.8. The molecule has 2 aliphatic rings. The first-order chi connectivity index (χ1) is 22.4. The second-order valence-corrected chi connectivity index (χ2v) is 13.2. The molecule has 14 heteroatoms. The van der Waals surface area contributed by atoms with Crippen LogP contribution in [0.15, 0.2) is 48.5 Å². The van der Waals surface area contributed by atoms with E-state index in [1.165, 1.54) is 23.8 Å². The van der Waals surface area contributed by atoms with Crippen LogP contribution in [0.2, 0.25) is 5.02 Å². The number of aryl methyl sites for hydroxylation is 1. The lowest BCUT2D eigenvalue weighted by molar-refractivity contribution is -0.137. The molecule has 1 aromatic heterocycles. The van der Waals surface area contributed by atoms with Crippen LogP contribution in [0.5, 0.6) is 5.75 Å². The zero-order chi connectivity index (χ0) is 35.1. The number of anilines is 4. The Morgan fingerprint density at radius 2 is 1.83 bits per heavy atom. The van der Waals surface area contributed by atoms with E-state index in [1.54, 1.807) is 52.1 Å². The van der Waals surface area contributed by atoms with Crippen molar-refractivity contribution in [1.82, 2.24) is 4.98 Å². The molecule has 0 N–H and O–H groups in total. The van der Waals surface area contributed by atoms with Gasteiger partial charge in [-0.25, -0.2) is 9.78 Å². The van der Waals surface area contributed by atoms with Gasteiger partial charge < -0.3 is 19.3 Å². The number of rotatable bonds is 6. The van der Waals surface area contributed by atoms with Crippen LogP contribution in [0.4, 0.5) is 40.8 Å². The maximum atomic E-state index is 14.0. The van der Waals surface area contributed by atoms with Crippen LogP contribution in [0, 0.1) is 6.92 Å². The van der Waals surface area contributed by atoms with E-state index >= 15 is 0 Å². The number of hydrogen-bond acceptors (Lipinski definition) is 7. The summed E-state index contributed by atoms with van der Waals surface area (Å²) in [5.74, 6) is -0.679. The average Bonchev–Trinajstić information content (AvgIpc) is 3.39. The Balaban J connectivity index is 1.41. The summed E-state index contributed by atoms with van der Waals surface area (Å²) in [7, 11) is 3.33. The van der Waals surface area contributed by atoms with Crippen molar-refractivity contribution in [3.8, 4) is 5.75 Å². The summed E-state index contributed by atoms with van der Waals surface area (Å²) in [4.78, 5) is 49.9. The molecule has 0 saturated carbocycles. The molecule has 3 amide bonds. The molecule has 0 unspecified atom stereocenters. The molecule has 10 nitrogen and oxygen atoms in total. The number of alkyl halides is 3. The summed E-state index contributed by atoms with van der Waals surface area (Å²) in [5.41, 5.74) is 0.761. The SMILES string of the molecule is Cc1cc(C(F)(F)F)cc(N2C(=O)CC[C@H]2C(=O)N(C)c2cccc(Cl)c2N(C)Cc2ccc3c(c2)N(C(=O)OC(C)(C)C)CCO3)n1. The number of carbonyl (C=O) groups is 3. The van der Waals surface area contributed by atoms with Crippen molar-refractivity contribution < 1.29 is 37.0 Å². The molecule has 0 radical (unpaired) electrons. The normalized spacial score (nSPS) is 16.4. The van der Waals surface area contributed by atoms with Crippen molar-refractivity contribution in [3.05, 3.63) is 70.4 Å². The predicted octanol–water partition coefficient (Wildman–Crippen LogP) is 6.99. The van der Waals surface area contributed by atoms with Gasteiger partial charge in [-0.05, 0) is 76.1 Å². The van der Waals surface area contributed by atoms with Gasteiger partial charge in [0, 0.05) is 32.8 Å². The summed E-state index contributed by atoms with van der Waals surface area (Å²) in [6.45, 7) is 7.75. The first-order valence-electron chi connectivity index (χ1n) is 15.4. The maximum Gasteiger partial charge on any atom is 0.416 e. The van der Waals surface area contributed by atoms with Crippen LogP contribution >= 0.6 is 11.6 Å². The number of likely N-dealkylation sites (N-methyl/N-ethyl adjacent to an activating group) is 1. The quantitative estimate of drug-likeness (QED) is 0.276. The molecular weight excluding hydrogens is 651 g/mol. The summed E-state index contributed by atoms with van der Waals surface area (Å²) < 4.78 is 52.2. The maximum absolute atomic E-state index is 14.0. The van der Waals surface area contributed by atoms with Gasteiger partial charge in [-0.3, -0.25) is 19.4 Å². The average molecular weight is 688 g/mol. The molecule has 256 valence electrons. The monoisotopic (exact) mass is 687 g/mol. The molecular formula is C34H37ClF3N5O5. The van der Waals surface area contributed by atoms with Crippen molar-refractivity contribution >= 4 is 52.4 Å². The van der Waals surface area contributed by atoms with Gasteiger partial charge in [0.2, 0.25) is 11.8 Å². The van der Waals surface area contributed by atoms with E-state index in [0.29, 0.717) is 47.5 Å². The first-order valence-corrected chi connectivity index (χ1v) is 15.7. The van der Waals surface area contributed by atoms with Crippen molar-refractivity contribution in [2.45, 2.75) is 64.9 Å². The first kappa shape index (κ1) is 34.8. The van der Waals surface area contributed by atoms with Gasteiger partial charge in [0.25, 0.3) is 0 Å². The molecule has 0 spiro atoms. The van der Waals surface area contributed by atoms with Gasteiger partial charge in [0.15, 0.2) is 0 Å². The minimum atomic E-state index is -4.65. The van der Waals surface area contributed by atoms with Crippen molar-refractivity contribution in [2.24, 2.45) is 0 Å². The fourth-order valence-electron chi connectivity index (χ4n) is 5.86. The highest BCUT2D eigenvalue weighted by atomic mass is 35.5. The van der Waals surface area contributed by atoms with Gasteiger partial charge in [-0.2, -0.15) is 13.2 Å². The number of aromatic nitrogens is 1. The molecule has 2 aromatic carbocycles. The summed E-state index contributed by atoms with van der Waals surface area (Å²) >= 11 is 6.72. The summed E-state index contributed by atoms with van der Waals surface area (Å²) in [6.07, 6.45) is -5.05. The van der Waals surface area contributed by atoms with E-state index < -0.39 is 41.3 Å². The van der Waals surface area contributed by atoms with E-state index in [0.717, 1.165) is 22.6 Å². The van der Waals surface area contributed by atoms with Crippen LogP contribution in [0.3, 0.4) is 0 Å². The van der Waals surface area contributed by atoms with Crippen LogP contribution in [0.25, 0.3) is 0 Å². The fourth-order valence-corrected chi connectivity index (χ4v) is 6.17. The number of fused-ring (bicyclic) bond motifs is 1. The van der Waals surface area contributed by atoms with Gasteiger partial charge in [-0.1, -0.05) is 23.7 Å². The lowest BCUT2D eigenvalue weighted by Gasteiger charge is -2.33. The number of nitrogens with zero attached hydrogens (tertiary/aromatic N) is 5. The van der Waals surface area contributed by atoms with Gasteiger partial charge >= 0.3 is 12.3 Å². The van der Waals surface area contributed by atoms with Crippen molar-refractivity contribution in [3.63, 3.8) is 0 Å². The molecule has 2 aliphatic heterocycles. The molecule has 0 bridgehead atoms. The number of benzene rings is 2. The lowest BCUT2D eigenvalue weighted by atomic mass is 10.1. The molecule has 1 saturated heterocycles. The van der Waals surface area contributed by atoms with Crippen LogP contribution in [-0.2, 0) is 27.0 Å². The predicted molar refractivity (Wildman–Crippen MR) is 177 cm³/mol. The molecule has 1 atom stereocenters. The minimum absolute atomic E-state index is 0.0219. The standard InChI is InChI=1S/C34H37ClF3N5O5/c1-20-16-22(34(36,37)38)18-28(39-20)43-25(11-13-29(43)44)31(45)41(6)24-9-7-8-23(35)30(24)40(5)19-21-10-12-27-26(17-21)42(14-15-47-27)32(46)48-33(2,3)4/h7-10,12,16-18,25H,11,13-15,19H2,1-6H3/t25-/m0/s1. The van der Waals surface area contributed by atoms with Crippen molar-refractivity contribution in [1.29, 1.82) is 0 Å². The van der Waals surface area contributed by atoms with Crippen LogP contribution < -0.4 is 24.3 Å². The molecule has 5 rings (SSSR count). The second kappa shape index (κ2) is 13.2. The van der Waals surface area contributed by atoms with E-state index in [9.17, 15) is 27.6 Å². The van der Waals surface area contributed by atoms with Gasteiger partial charge in [0.1, 0.15) is 29.8 Å². The number of para-hydroxylation sites is 1. The highest BCUT2D eigenvalue weighted by Crippen LogP contribution is 2.40. The summed E-state index contributed by atoms with van der Waals surface area (Å²) in [5, 5.41) is 0.348. The third-order valence-corrected chi connectivity index (χ3v) is 8.28. The van der Waals surface area contributed by atoms with Crippen molar-refractivity contribution in [2.75, 3.05) is 46.8 Å². The summed E-state index contributed by atoms with van der Waals surface area (Å²) in [6, 6.07) is 11.2. The van der Waals surface area contributed by atoms with Crippen LogP contribution in [-0.4, -0.2) is 61.8 Å². The van der Waals surface area contributed by atoms with Gasteiger partial charge in [0.05, 0.1) is 34.2 Å². The molecule has 1 fully saturated rings. The number of amides is 3. The highest BCUT2D eigenvalue weighted by Gasteiger charge is 2.41. The topological polar surface area (TPSA) is 95.5 Å². The zero-order valence-electron chi connectivity index (χ0n) is 27.5. The Morgan fingerprint density at radius 3 is 2.52 bits per heavy atom. The number of carbonyl (C=O) groups excluding carboxylic acids is 3. The lowest BCUT2D eigenvalue weighted by Crippen LogP contribution is -2.46. The van der Waals surface area contributed by atoms with Gasteiger partial charge in [-0.15, -0.1) is 0 Å². The number of halogens is 4. The Kier molecular flexibility index (Phi) is 9.55. The third-order valence-electron chi connectivity index (χ3n) is 7.97. The van der Waals surface area contributed by atoms with E-state index in [-0.39, 0.29) is 24.4 Å².